The number of benzene rings is 3. The predicted octanol–water partition coefficient (Wildman–Crippen LogP) is 4.48. The molecule has 0 N–H and O–H groups in total. The summed E-state index contributed by atoms with van der Waals surface area (Å²) in [5.74, 6) is 0.964. The van der Waals surface area contributed by atoms with Crippen LogP contribution >= 0.6 is 0 Å². The van der Waals surface area contributed by atoms with Gasteiger partial charge in [-0.25, -0.2) is 14.5 Å². The normalized spacial score (nSPS) is 10.2. The third kappa shape index (κ3) is 3.59. The van der Waals surface area contributed by atoms with E-state index in [0.717, 1.165) is 15.7 Å². The monoisotopic (exact) mass is 351 g/mol. The maximum Gasteiger partial charge on any atom is 0.424 e. The molecule has 0 bridgehead atoms. The number of carbonyl (C=O) groups excluding carboxylic acids is 2. The van der Waals surface area contributed by atoms with Gasteiger partial charge in [0.2, 0.25) is 0 Å². The molecule has 0 aliphatic rings. The molecule has 0 aromatic heterocycles. The van der Waals surface area contributed by atoms with Crippen LogP contribution in [0.1, 0.15) is 0 Å². The molecule has 3 rings (SSSR count). The van der Waals surface area contributed by atoms with Gasteiger partial charge in [-0.3, -0.25) is 0 Å². The third-order valence-corrected chi connectivity index (χ3v) is 3.76. The Balaban J connectivity index is 1.74. The molecule has 0 fully saturated rings. The van der Waals surface area contributed by atoms with Gasteiger partial charge in [-0.05, 0) is 23.6 Å². The van der Waals surface area contributed by atoms with Gasteiger partial charge in [-0.15, -0.1) is 0 Å². The number of hydrogen-bond donors (Lipinski definition) is 0. The highest BCUT2D eigenvalue weighted by Gasteiger charge is 2.22. The first-order valence-corrected chi connectivity index (χ1v) is 7.88. The van der Waals surface area contributed by atoms with Crippen molar-refractivity contribution in [3.8, 4) is 17.2 Å². The highest BCUT2D eigenvalue weighted by molar-refractivity contribution is 5.93. The van der Waals surface area contributed by atoms with Crippen LogP contribution in [-0.2, 0) is 0 Å². The van der Waals surface area contributed by atoms with Crippen LogP contribution in [0.25, 0.3) is 10.8 Å². The fourth-order valence-electron chi connectivity index (χ4n) is 2.39. The van der Waals surface area contributed by atoms with Crippen LogP contribution in [0.5, 0.6) is 17.2 Å². The number of amides is 2. The Morgan fingerprint density at radius 2 is 1.27 bits per heavy atom. The van der Waals surface area contributed by atoms with E-state index in [2.05, 4.69) is 0 Å². The van der Waals surface area contributed by atoms with Gasteiger partial charge >= 0.3 is 12.2 Å². The van der Waals surface area contributed by atoms with Gasteiger partial charge in [0.15, 0.2) is 11.5 Å². The molecule has 0 heterocycles. The summed E-state index contributed by atoms with van der Waals surface area (Å²) in [7, 11) is 2.75. The maximum absolute atomic E-state index is 12.3. The molecule has 0 atom stereocenters. The fraction of sp³-hybridized carbons (Fsp3) is 0.100. The van der Waals surface area contributed by atoms with E-state index in [1.165, 1.54) is 14.2 Å². The molecule has 3 aromatic carbocycles. The number of fused-ring (bicyclic) bond motifs is 1. The fourth-order valence-corrected chi connectivity index (χ4v) is 2.39. The first-order chi connectivity index (χ1) is 12.6. The number of carbonyl (C=O) groups is 2. The van der Waals surface area contributed by atoms with E-state index in [1.807, 2.05) is 30.3 Å². The molecule has 2 amide bonds. The minimum Gasteiger partial charge on any atom is -0.493 e. The van der Waals surface area contributed by atoms with Gasteiger partial charge in [0.05, 0.1) is 7.11 Å². The molecule has 0 unspecified atom stereocenters. The second-order valence-corrected chi connectivity index (χ2v) is 5.42. The lowest BCUT2D eigenvalue weighted by molar-refractivity contribution is 0.140. The molecule has 0 saturated carbocycles. The zero-order valence-corrected chi connectivity index (χ0v) is 14.3. The molecule has 6 heteroatoms. The lowest BCUT2D eigenvalue weighted by Gasteiger charge is -2.16. The van der Waals surface area contributed by atoms with Crippen molar-refractivity contribution >= 4 is 23.0 Å². The summed E-state index contributed by atoms with van der Waals surface area (Å²) in [4.78, 5) is 25.3. The average molecular weight is 351 g/mol. The molecular formula is C20H17NO5. The third-order valence-electron chi connectivity index (χ3n) is 3.76. The molecule has 6 nitrogen and oxygen atoms in total. The molecule has 0 aliphatic carbocycles. The van der Waals surface area contributed by atoms with Crippen molar-refractivity contribution in [2.45, 2.75) is 0 Å². The predicted molar refractivity (Wildman–Crippen MR) is 96.8 cm³/mol. The van der Waals surface area contributed by atoms with E-state index in [9.17, 15) is 9.59 Å². The van der Waals surface area contributed by atoms with Crippen molar-refractivity contribution in [1.29, 1.82) is 0 Å². The minimum atomic E-state index is -0.875. The van der Waals surface area contributed by atoms with Gasteiger partial charge in [-0.1, -0.05) is 48.5 Å². The number of imide groups is 1. The van der Waals surface area contributed by atoms with Crippen LogP contribution in [0.4, 0.5) is 9.59 Å². The largest absolute Gasteiger partial charge is 0.493 e. The van der Waals surface area contributed by atoms with E-state index >= 15 is 0 Å². The number of methoxy groups -OCH3 is 1. The first kappa shape index (κ1) is 17.3. The zero-order chi connectivity index (χ0) is 18.5. The Morgan fingerprint density at radius 3 is 2.00 bits per heavy atom. The van der Waals surface area contributed by atoms with Crippen LogP contribution in [0, 0.1) is 0 Å². The van der Waals surface area contributed by atoms with Crippen molar-refractivity contribution in [1.82, 2.24) is 4.90 Å². The number of hydrogen-bond acceptors (Lipinski definition) is 5. The molecule has 3 aromatic rings. The van der Waals surface area contributed by atoms with Crippen molar-refractivity contribution in [2.75, 3.05) is 14.2 Å². The Kier molecular flexibility index (Phi) is 5.03. The highest BCUT2D eigenvalue weighted by atomic mass is 16.6. The molecule has 26 heavy (non-hydrogen) atoms. The minimum absolute atomic E-state index is 0.213. The van der Waals surface area contributed by atoms with Crippen LogP contribution in [0.2, 0.25) is 0 Å². The van der Waals surface area contributed by atoms with E-state index in [0.29, 0.717) is 11.5 Å². The summed E-state index contributed by atoms with van der Waals surface area (Å²) < 4.78 is 15.7. The Hall–Kier alpha value is -3.54. The second-order valence-electron chi connectivity index (χ2n) is 5.42. The highest BCUT2D eigenvalue weighted by Crippen LogP contribution is 2.27. The lowest BCUT2D eigenvalue weighted by atomic mass is 10.1. The first-order valence-electron chi connectivity index (χ1n) is 7.88. The molecule has 0 spiro atoms. The molecule has 0 saturated heterocycles. The molecular weight excluding hydrogens is 334 g/mol. The van der Waals surface area contributed by atoms with Crippen LogP contribution in [0.15, 0.2) is 66.7 Å². The number of rotatable bonds is 3. The Bertz CT molecular complexity index is 948. The van der Waals surface area contributed by atoms with E-state index in [1.54, 1.807) is 36.4 Å². The summed E-state index contributed by atoms with van der Waals surface area (Å²) in [5, 5.41) is 1.70. The average Bonchev–Trinajstić information content (AvgIpc) is 2.68. The zero-order valence-electron chi connectivity index (χ0n) is 14.3. The quantitative estimate of drug-likeness (QED) is 0.696. The summed E-state index contributed by atoms with van der Waals surface area (Å²) >= 11 is 0. The van der Waals surface area contributed by atoms with E-state index in [4.69, 9.17) is 14.2 Å². The van der Waals surface area contributed by atoms with Gasteiger partial charge in [0, 0.05) is 12.4 Å². The van der Waals surface area contributed by atoms with Gasteiger partial charge in [-0.2, -0.15) is 0 Å². The van der Waals surface area contributed by atoms with Crippen molar-refractivity contribution in [3.05, 3.63) is 66.7 Å². The van der Waals surface area contributed by atoms with E-state index < -0.39 is 12.2 Å². The molecule has 132 valence electrons. The summed E-state index contributed by atoms with van der Waals surface area (Å²) in [6, 6.07) is 19.5. The van der Waals surface area contributed by atoms with Gasteiger partial charge in [0.25, 0.3) is 0 Å². The lowest BCUT2D eigenvalue weighted by Crippen LogP contribution is -2.37. The summed E-state index contributed by atoms with van der Waals surface area (Å²) in [6.07, 6.45) is -1.72. The number of nitrogens with zero attached hydrogens (tertiary/aromatic N) is 1. The van der Waals surface area contributed by atoms with Crippen molar-refractivity contribution < 1.29 is 23.8 Å². The maximum atomic E-state index is 12.3. The smallest absolute Gasteiger partial charge is 0.424 e. The topological polar surface area (TPSA) is 65.1 Å². The second kappa shape index (κ2) is 7.57. The van der Waals surface area contributed by atoms with Crippen LogP contribution in [-0.4, -0.2) is 31.2 Å². The number of ether oxygens (including phenoxy) is 3. The van der Waals surface area contributed by atoms with Crippen LogP contribution < -0.4 is 14.2 Å². The SMILES string of the molecule is COc1ccccc1OC(=O)N(C)C(=O)Oc1cccc2ccccc12. The summed E-state index contributed by atoms with van der Waals surface area (Å²) in [6.45, 7) is 0. The Labute approximate surface area is 150 Å². The summed E-state index contributed by atoms with van der Waals surface area (Å²) in [5.41, 5.74) is 0. The standard InChI is InChI=1S/C20H17NO5/c1-21(20(23)26-18-12-6-5-11-17(18)24-2)19(22)25-16-13-7-9-14-8-3-4-10-15(14)16/h3-13H,1-2H3. The number of para-hydroxylation sites is 2. The molecule has 0 aliphatic heterocycles. The Morgan fingerprint density at radius 1 is 0.731 bits per heavy atom. The van der Waals surface area contributed by atoms with Crippen molar-refractivity contribution in [3.63, 3.8) is 0 Å². The molecule has 0 radical (unpaired) electrons. The van der Waals surface area contributed by atoms with Gasteiger partial charge in [0.1, 0.15) is 5.75 Å². The van der Waals surface area contributed by atoms with Gasteiger partial charge < -0.3 is 14.2 Å². The van der Waals surface area contributed by atoms with Crippen molar-refractivity contribution in [2.24, 2.45) is 0 Å². The van der Waals surface area contributed by atoms with E-state index in [-0.39, 0.29) is 5.75 Å². The van der Waals surface area contributed by atoms with Crippen LogP contribution in [0.3, 0.4) is 0 Å².